The molecule has 1 fully saturated rings. The number of carbonyl (C=O) groups is 3. The average Bonchev–Trinajstić information content (AvgIpc) is 3.48. The summed E-state index contributed by atoms with van der Waals surface area (Å²) >= 11 is 0.932. The van der Waals surface area contributed by atoms with Gasteiger partial charge in [-0.05, 0) is 31.4 Å². The molecule has 0 bridgehead atoms. The number of amides is 3. The van der Waals surface area contributed by atoms with Gasteiger partial charge in [-0.2, -0.15) is 0 Å². The summed E-state index contributed by atoms with van der Waals surface area (Å²) in [4.78, 5) is 39.4. The van der Waals surface area contributed by atoms with Crippen LogP contribution in [0.4, 0.5) is 5.69 Å². The Morgan fingerprint density at radius 2 is 2.00 bits per heavy atom. The van der Waals surface area contributed by atoms with Gasteiger partial charge in [-0.15, -0.1) is 10.2 Å². The van der Waals surface area contributed by atoms with Crippen molar-refractivity contribution in [3.05, 3.63) is 28.2 Å². The number of nitrogens with zero attached hydrogens (tertiary/aromatic N) is 3. The minimum Gasteiger partial charge on any atom is -0.454 e. The fourth-order valence-corrected chi connectivity index (χ4v) is 4.31. The van der Waals surface area contributed by atoms with E-state index in [0.29, 0.717) is 36.8 Å². The molecule has 2 aliphatic rings. The van der Waals surface area contributed by atoms with Crippen molar-refractivity contribution in [1.82, 2.24) is 20.4 Å². The van der Waals surface area contributed by atoms with Crippen LogP contribution in [0, 0.1) is 5.92 Å². The first kappa shape index (κ1) is 22.0. The molecule has 0 radical (unpaired) electrons. The number of hydrogen-bond acceptors (Lipinski definition) is 8. The largest absolute Gasteiger partial charge is 0.454 e. The number of benzene rings is 1. The van der Waals surface area contributed by atoms with E-state index in [-0.39, 0.29) is 34.5 Å². The summed E-state index contributed by atoms with van der Waals surface area (Å²) in [7, 11) is 0. The Hall–Kier alpha value is -3.21. The van der Waals surface area contributed by atoms with Crippen molar-refractivity contribution in [3.8, 4) is 11.5 Å². The van der Waals surface area contributed by atoms with E-state index in [0.717, 1.165) is 37.0 Å². The van der Waals surface area contributed by atoms with Crippen molar-refractivity contribution in [1.29, 1.82) is 0 Å². The van der Waals surface area contributed by atoms with Gasteiger partial charge in [0.1, 0.15) is 0 Å². The van der Waals surface area contributed by atoms with Crippen molar-refractivity contribution in [2.45, 2.75) is 32.6 Å². The van der Waals surface area contributed by atoms with Crippen LogP contribution in [0.25, 0.3) is 0 Å². The van der Waals surface area contributed by atoms with Crippen molar-refractivity contribution < 1.29 is 23.9 Å². The zero-order valence-corrected chi connectivity index (χ0v) is 18.6. The molecular formula is C21H25N5O5S. The monoisotopic (exact) mass is 459 g/mol. The Kier molecular flexibility index (Phi) is 6.84. The van der Waals surface area contributed by atoms with Gasteiger partial charge in [0.25, 0.3) is 11.8 Å². The molecule has 0 unspecified atom stereocenters. The Morgan fingerprint density at radius 1 is 1.19 bits per heavy atom. The lowest BCUT2D eigenvalue weighted by Crippen LogP contribution is -2.45. The van der Waals surface area contributed by atoms with Gasteiger partial charge >= 0.3 is 0 Å². The summed E-state index contributed by atoms with van der Waals surface area (Å²) in [5, 5.41) is 13.7. The number of rotatable bonds is 7. The second-order valence-corrected chi connectivity index (χ2v) is 8.65. The van der Waals surface area contributed by atoms with Crippen molar-refractivity contribution >= 4 is 34.7 Å². The summed E-state index contributed by atoms with van der Waals surface area (Å²) in [5.74, 6) is 0.145. The maximum Gasteiger partial charge on any atom is 0.286 e. The van der Waals surface area contributed by atoms with E-state index in [1.165, 1.54) is 0 Å². The van der Waals surface area contributed by atoms with Crippen molar-refractivity contribution in [2.75, 3.05) is 31.7 Å². The van der Waals surface area contributed by atoms with Gasteiger partial charge in [-0.1, -0.05) is 24.7 Å². The highest BCUT2D eigenvalue weighted by molar-refractivity contribution is 7.15. The molecule has 4 rings (SSSR count). The summed E-state index contributed by atoms with van der Waals surface area (Å²) in [5.41, 5.74) is 0.523. The molecule has 0 saturated carbocycles. The lowest BCUT2D eigenvalue weighted by Gasteiger charge is -2.31. The fraction of sp³-hybridized carbons (Fsp3) is 0.476. The van der Waals surface area contributed by atoms with Crippen LogP contribution in [0.5, 0.6) is 11.5 Å². The molecule has 2 aliphatic heterocycles. The topological polar surface area (TPSA) is 123 Å². The lowest BCUT2D eigenvalue weighted by atomic mass is 9.97. The zero-order chi connectivity index (χ0) is 22.5. The van der Waals surface area contributed by atoms with Crippen LogP contribution in [0.2, 0.25) is 0 Å². The van der Waals surface area contributed by atoms with Crippen LogP contribution in [0.3, 0.4) is 0 Å². The van der Waals surface area contributed by atoms with Crippen LogP contribution in [-0.4, -0.2) is 59.2 Å². The Morgan fingerprint density at radius 3 is 2.84 bits per heavy atom. The molecule has 3 amide bonds. The zero-order valence-electron chi connectivity index (χ0n) is 17.8. The van der Waals surface area contributed by atoms with Gasteiger partial charge < -0.3 is 25.0 Å². The van der Waals surface area contributed by atoms with Crippen LogP contribution < -0.4 is 20.1 Å². The third kappa shape index (κ3) is 4.98. The minimum atomic E-state index is -0.466. The number of anilines is 1. The second-order valence-electron chi connectivity index (χ2n) is 7.67. The van der Waals surface area contributed by atoms with Crippen molar-refractivity contribution in [3.63, 3.8) is 0 Å². The molecule has 1 atom stereocenters. The molecule has 3 heterocycles. The van der Waals surface area contributed by atoms with Gasteiger partial charge in [-0.3, -0.25) is 14.4 Å². The smallest absolute Gasteiger partial charge is 0.286 e. The van der Waals surface area contributed by atoms with Crippen LogP contribution in [0.1, 0.15) is 52.2 Å². The van der Waals surface area contributed by atoms with E-state index < -0.39 is 5.91 Å². The molecule has 170 valence electrons. The molecule has 0 spiro atoms. The molecule has 32 heavy (non-hydrogen) atoms. The maximum absolute atomic E-state index is 12.9. The maximum atomic E-state index is 12.9. The van der Waals surface area contributed by atoms with E-state index in [1.807, 2.05) is 0 Å². The van der Waals surface area contributed by atoms with Gasteiger partial charge in [0.2, 0.25) is 22.7 Å². The van der Waals surface area contributed by atoms with E-state index >= 15 is 0 Å². The lowest BCUT2D eigenvalue weighted by molar-refractivity contribution is -0.126. The van der Waals surface area contributed by atoms with Crippen molar-refractivity contribution in [2.24, 2.45) is 5.92 Å². The average molecular weight is 460 g/mol. The predicted octanol–water partition coefficient (Wildman–Crippen LogP) is 2.29. The molecular weight excluding hydrogens is 434 g/mol. The normalized spacial score (nSPS) is 17.2. The second kappa shape index (κ2) is 9.94. The Labute approximate surface area is 189 Å². The van der Waals surface area contributed by atoms with Gasteiger partial charge in [0, 0.05) is 31.4 Å². The van der Waals surface area contributed by atoms with E-state index in [4.69, 9.17) is 9.47 Å². The summed E-state index contributed by atoms with van der Waals surface area (Å²) in [6, 6.07) is 5.06. The number of piperidine rings is 1. The minimum absolute atomic E-state index is 0.0167. The number of likely N-dealkylation sites (tertiary alicyclic amines) is 1. The van der Waals surface area contributed by atoms with Gasteiger partial charge in [0.15, 0.2) is 11.5 Å². The number of hydrogen-bond donors (Lipinski definition) is 2. The molecule has 1 aromatic heterocycles. The SMILES string of the molecule is CCCCNC(=O)[C@H]1CCCN(C(=O)c2nnc(C(=O)Nc3ccc4c(c3)OCO4)s2)C1. The number of ether oxygens (including phenoxy) is 2. The van der Waals surface area contributed by atoms with Crippen LogP contribution in [0.15, 0.2) is 18.2 Å². The van der Waals surface area contributed by atoms with E-state index in [2.05, 4.69) is 27.8 Å². The third-order valence-corrected chi connectivity index (χ3v) is 6.25. The van der Waals surface area contributed by atoms with E-state index in [9.17, 15) is 14.4 Å². The van der Waals surface area contributed by atoms with Gasteiger partial charge in [0.05, 0.1) is 5.92 Å². The molecule has 11 heteroatoms. The number of fused-ring (bicyclic) bond motifs is 1. The summed E-state index contributed by atoms with van der Waals surface area (Å²) < 4.78 is 10.6. The first-order valence-electron chi connectivity index (χ1n) is 10.7. The van der Waals surface area contributed by atoms with Crippen LogP contribution >= 0.6 is 11.3 Å². The molecule has 10 nitrogen and oxygen atoms in total. The molecule has 2 aromatic rings. The van der Waals surface area contributed by atoms with Gasteiger partial charge in [-0.25, -0.2) is 0 Å². The number of unbranched alkanes of at least 4 members (excludes halogenated alkanes) is 1. The molecule has 1 aromatic carbocycles. The third-order valence-electron chi connectivity index (χ3n) is 5.34. The van der Waals surface area contributed by atoms with E-state index in [1.54, 1.807) is 23.1 Å². The number of nitrogens with one attached hydrogen (secondary N) is 2. The predicted molar refractivity (Wildman–Crippen MR) is 117 cm³/mol. The standard InChI is InChI=1S/C21H25N5O5S/c1-2-3-8-22-17(27)13-5-4-9-26(11-13)21(29)20-25-24-19(32-20)18(28)23-14-6-7-15-16(10-14)31-12-30-15/h6-7,10,13H,2-5,8-9,11-12H2,1H3,(H,22,27)(H,23,28)/t13-/m0/s1. The Bertz CT molecular complexity index is 1010. The van der Waals surface area contributed by atoms with Crippen LogP contribution in [-0.2, 0) is 4.79 Å². The highest BCUT2D eigenvalue weighted by atomic mass is 32.1. The fourth-order valence-electron chi connectivity index (χ4n) is 3.60. The Balaban J connectivity index is 1.35. The first-order chi connectivity index (χ1) is 15.5. The molecule has 2 N–H and O–H groups in total. The highest BCUT2D eigenvalue weighted by Crippen LogP contribution is 2.34. The molecule has 0 aliphatic carbocycles. The summed E-state index contributed by atoms with van der Waals surface area (Å²) in [6.45, 7) is 3.76. The first-order valence-corrected chi connectivity index (χ1v) is 11.5. The molecule has 1 saturated heterocycles. The number of aromatic nitrogens is 2. The number of carbonyl (C=O) groups excluding carboxylic acids is 3. The quantitative estimate of drug-likeness (QED) is 0.609. The summed E-state index contributed by atoms with van der Waals surface area (Å²) in [6.07, 6.45) is 3.44. The highest BCUT2D eigenvalue weighted by Gasteiger charge is 2.30.